The van der Waals surface area contributed by atoms with Crippen molar-refractivity contribution < 1.29 is 4.79 Å². The number of rotatable bonds is 5. The van der Waals surface area contributed by atoms with E-state index in [1.54, 1.807) is 16.0 Å². The van der Waals surface area contributed by atoms with Crippen molar-refractivity contribution in [2.24, 2.45) is 13.0 Å². The van der Waals surface area contributed by atoms with E-state index in [1.807, 2.05) is 31.4 Å². The molecule has 2 atom stereocenters. The number of aryl methyl sites for hydroxylation is 1. The first-order valence-electron chi connectivity index (χ1n) is 8.65. The van der Waals surface area contributed by atoms with Gasteiger partial charge in [-0.15, -0.1) is 11.3 Å². The summed E-state index contributed by atoms with van der Waals surface area (Å²) in [5, 5.41) is 11.0. The van der Waals surface area contributed by atoms with E-state index >= 15 is 0 Å². The van der Waals surface area contributed by atoms with Gasteiger partial charge in [0.15, 0.2) is 0 Å². The predicted octanol–water partition coefficient (Wildman–Crippen LogP) is 2.48. The zero-order valence-electron chi connectivity index (χ0n) is 15.6. The molecule has 1 saturated heterocycles. The van der Waals surface area contributed by atoms with Gasteiger partial charge in [-0.2, -0.15) is 5.10 Å². The Bertz CT molecular complexity index is 745. The average Bonchev–Trinajstić information content (AvgIpc) is 3.21. The molecule has 1 N–H and O–H groups in total. The Morgan fingerprint density at radius 3 is 2.72 bits per heavy atom. The van der Waals surface area contributed by atoms with Crippen molar-refractivity contribution in [3.8, 4) is 0 Å². The Balaban J connectivity index is 1.61. The molecule has 3 heterocycles. The van der Waals surface area contributed by atoms with Crippen LogP contribution in [0.3, 0.4) is 0 Å². The zero-order chi connectivity index (χ0) is 18.2. The van der Waals surface area contributed by atoms with Crippen LogP contribution in [0.5, 0.6) is 0 Å². The molecule has 1 aliphatic heterocycles. The van der Waals surface area contributed by atoms with E-state index in [2.05, 4.69) is 36.6 Å². The monoisotopic (exact) mass is 361 g/mol. The minimum absolute atomic E-state index is 0.0919. The van der Waals surface area contributed by atoms with Gasteiger partial charge in [-0.25, -0.2) is 4.98 Å². The minimum Gasteiger partial charge on any atom is -0.338 e. The van der Waals surface area contributed by atoms with Crippen LogP contribution >= 0.6 is 11.3 Å². The molecule has 6 nitrogen and oxygen atoms in total. The van der Waals surface area contributed by atoms with Crippen LogP contribution in [0.1, 0.15) is 49.5 Å². The van der Waals surface area contributed by atoms with Gasteiger partial charge in [0.2, 0.25) is 5.91 Å². The van der Waals surface area contributed by atoms with Crippen molar-refractivity contribution in [2.75, 3.05) is 13.6 Å². The molecule has 0 aromatic carbocycles. The second-order valence-electron chi connectivity index (χ2n) is 7.89. The molecule has 136 valence electrons. The molecule has 7 heteroatoms. The van der Waals surface area contributed by atoms with Crippen molar-refractivity contribution in [3.63, 3.8) is 0 Å². The molecule has 0 radical (unpaired) electrons. The van der Waals surface area contributed by atoms with E-state index in [1.165, 1.54) is 0 Å². The van der Waals surface area contributed by atoms with E-state index in [9.17, 15) is 4.79 Å². The minimum atomic E-state index is 0.0919. The van der Waals surface area contributed by atoms with Crippen LogP contribution in [-0.4, -0.2) is 39.2 Å². The summed E-state index contributed by atoms with van der Waals surface area (Å²) in [6.45, 7) is 8.07. The quantitative estimate of drug-likeness (QED) is 0.889. The van der Waals surface area contributed by atoms with E-state index in [4.69, 9.17) is 4.98 Å². The largest absolute Gasteiger partial charge is 0.338 e. The maximum Gasteiger partial charge on any atom is 0.223 e. The van der Waals surface area contributed by atoms with Crippen LogP contribution in [0.25, 0.3) is 0 Å². The highest BCUT2D eigenvalue weighted by molar-refractivity contribution is 7.09. The number of carbonyl (C=O) groups is 1. The summed E-state index contributed by atoms with van der Waals surface area (Å²) in [5.74, 6) is 0.451. The molecule has 3 rings (SSSR count). The number of aromatic nitrogens is 3. The number of amides is 1. The normalized spacial score (nSPS) is 21.3. The van der Waals surface area contributed by atoms with Gasteiger partial charge in [-0.3, -0.25) is 9.48 Å². The second-order valence-corrected chi connectivity index (χ2v) is 8.74. The van der Waals surface area contributed by atoms with Crippen molar-refractivity contribution in [2.45, 2.75) is 45.2 Å². The standard InChI is InChI=1S/C18H27N5OS/c1-18(2,3)17-21-14(11-25-17)9-19-7-12-6-15(24)23(5)16(12)13-8-20-22(4)10-13/h8,10-12,16,19H,6-7,9H2,1-5H3/t12-,16+/m0/s1. The molecule has 0 aliphatic carbocycles. The number of nitrogens with zero attached hydrogens (tertiary/aromatic N) is 4. The number of hydrogen-bond donors (Lipinski definition) is 1. The smallest absolute Gasteiger partial charge is 0.223 e. The Labute approximate surface area is 153 Å². The van der Waals surface area contributed by atoms with Gasteiger partial charge in [0.05, 0.1) is 22.9 Å². The lowest BCUT2D eigenvalue weighted by Crippen LogP contribution is -2.29. The Morgan fingerprint density at radius 2 is 2.12 bits per heavy atom. The van der Waals surface area contributed by atoms with Gasteiger partial charge in [-0.1, -0.05) is 20.8 Å². The van der Waals surface area contributed by atoms with Gasteiger partial charge >= 0.3 is 0 Å². The molecule has 1 aliphatic rings. The molecule has 1 amide bonds. The molecule has 2 aromatic rings. The van der Waals surface area contributed by atoms with Crippen LogP contribution in [0.4, 0.5) is 0 Å². The number of thiazole rings is 1. The number of hydrogen-bond acceptors (Lipinski definition) is 5. The predicted molar refractivity (Wildman–Crippen MR) is 99.3 cm³/mol. The van der Waals surface area contributed by atoms with Gasteiger partial charge in [0.1, 0.15) is 0 Å². The van der Waals surface area contributed by atoms with E-state index in [0.29, 0.717) is 6.42 Å². The highest BCUT2D eigenvalue weighted by Gasteiger charge is 2.38. The summed E-state index contributed by atoms with van der Waals surface area (Å²) in [5.41, 5.74) is 2.27. The molecule has 0 saturated carbocycles. The molecular weight excluding hydrogens is 334 g/mol. The van der Waals surface area contributed by atoms with Crippen LogP contribution in [0.15, 0.2) is 17.8 Å². The van der Waals surface area contributed by atoms with Crippen molar-refractivity contribution in [1.82, 2.24) is 25.0 Å². The van der Waals surface area contributed by atoms with Crippen LogP contribution in [0.2, 0.25) is 0 Å². The maximum atomic E-state index is 12.2. The summed E-state index contributed by atoms with van der Waals surface area (Å²) < 4.78 is 1.79. The number of nitrogens with one attached hydrogen (secondary N) is 1. The van der Waals surface area contributed by atoms with E-state index in [0.717, 1.165) is 29.4 Å². The topological polar surface area (TPSA) is 63.1 Å². The maximum absolute atomic E-state index is 12.2. The third kappa shape index (κ3) is 3.93. The Morgan fingerprint density at radius 1 is 1.36 bits per heavy atom. The van der Waals surface area contributed by atoms with Gasteiger partial charge in [0.25, 0.3) is 0 Å². The van der Waals surface area contributed by atoms with Crippen LogP contribution in [-0.2, 0) is 23.8 Å². The van der Waals surface area contributed by atoms with Gasteiger partial charge < -0.3 is 10.2 Å². The summed E-state index contributed by atoms with van der Waals surface area (Å²) in [7, 11) is 3.79. The van der Waals surface area contributed by atoms with Crippen molar-refractivity contribution >= 4 is 17.2 Å². The molecule has 25 heavy (non-hydrogen) atoms. The molecule has 1 fully saturated rings. The summed E-state index contributed by atoms with van der Waals surface area (Å²) in [6.07, 6.45) is 4.44. The molecule has 0 bridgehead atoms. The molecule has 0 unspecified atom stereocenters. The fraction of sp³-hybridized carbons (Fsp3) is 0.611. The van der Waals surface area contributed by atoms with Crippen molar-refractivity contribution in [1.29, 1.82) is 0 Å². The molecule has 2 aromatic heterocycles. The lowest BCUT2D eigenvalue weighted by Gasteiger charge is -2.24. The lowest BCUT2D eigenvalue weighted by molar-refractivity contribution is -0.127. The summed E-state index contributed by atoms with van der Waals surface area (Å²) in [6, 6.07) is 0.0919. The fourth-order valence-corrected chi connectivity index (χ4v) is 4.25. The fourth-order valence-electron chi connectivity index (χ4n) is 3.34. The Kier molecular flexibility index (Phi) is 4.97. The summed E-state index contributed by atoms with van der Waals surface area (Å²) >= 11 is 1.72. The third-order valence-corrected chi connectivity index (χ3v) is 5.98. The number of carbonyl (C=O) groups excluding carboxylic acids is 1. The van der Waals surface area contributed by atoms with Gasteiger partial charge in [0, 0.05) is 62.1 Å². The van der Waals surface area contributed by atoms with Crippen LogP contribution in [0, 0.1) is 5.92 Å². The first-order chi connectivity index (χ1) is 11.8. The first kappa shape index (κ1) is 18.1. The van der Waals surface area contributed by atoms with E-state index < -0.39 is 0 Å². The SMILES string of the molecule is CN1C(=O)C[C@@H](CNCc2csc(C(C)(C)C)n2)[C@@H]1c1cnn(C)c1. The molecule has 0 spiro atoms. The zero-order valence-corrected chi connectivity index (χ0v) is 16.4. The van der Waals surface area contributed by atoms with Gasteiger partial charge in [-0.05, 0) is 0 Å². The lowest BCUT2D eigenvalue weighted by atomic mass is 9.96. The highest BCUT2D eigenvalue weighted by Crippen LogP contribution is 2.36. The Hall–Kier alpha value is -1.73. The average molecular weight is 362 g/mol. The molecular formula is C18H27N5OS. The van der Waals surface area contributed by atoms with E-state index in [-0.39, 0.29) is 23.3 Å². The van der Waals surface area contributed by atoms with Crippen molar-refractivity contribution in [3.05, 3.63) is 34.0 Å². The highest BCUT2D eigenvalue weighted by atomic mass is 32.1. The first-order valence-corrected chi connectivity index (χ1v) is 9.53. The van der Waals surface area contributed by atoms with Crippen LogP contribution < -0.4 is 5.32 Å². The summed E-state index contributed by atoms with van der Waals surface area (Å²) in [4.78, 5) is 18.8. The second kappa shape index (κ2) is 6.88. The number of likely N-dealkylation sites (tertiary alicyclic amines) is 1. The third-order valence-electron chi connectivity index (χ3n) is 4.67.